The number of aryl methyl sites for hydroxylation is 1. The third-order valence-corrected chi connectivity index (χ3v) is 8.01. The Morgan fingerprint density at radius 1 is 1.14 bits per heavy atom. The van der Waals surface area contributed by atoms with Crippen molar-refractivity contribution in [2.45, 2.75) is 50.0 Å². The SMILES string of the molecule is Cc1[nH]ncc1S(=O)(=O)N(C)C1C2CC3CC(C2)CC1C3. The van der Waals surface area contributed by atoms with Crippen molar-refractivity contribution in [2.75, 3.05) is 7.05 Å². The second kappa shape index (κ2) is 4.56. The molecule has 0 aliphatic heterocycles. The van der Waals surface area contributed by atoms with Gasteiger partial charge in [0, 0.05) is 13.1 Å². The lowest BCUT2D eigenvalue weighted by Crippen LogP contribution is -2.56. The lowest BCUT2D eigenvalue weighted by atomic mass is 9.54. The van der Waals surface area contributed by atoms with E-state index in [2.05, 4.69) is 10.2 Å². The molecule has 21 heavy (non-hydrogen) atoms. The average molecular weight is 309 g/mol. The molecule has 5 rings (SSSR count). The highest BCUT2D eigenvalue weighted by atomic mass is 32.2. The van der Waals surface area contributed by atoms with Crippen LogP contribution in [0.5, 0.6) is 0 Å². The minimum absolute atomic E-state index is 0.192. The standard InChI is InChI=1S/C15H23N3O2S/c1-9-14(8-16-17-9)21(19,20)18(2)15-12-4-10-3-11(6-12)7-13(15)5-10/h8,10-13,15H,3-7H2,1-2H3,(H,16,17). The van der Waals surface area contributed by atoms with Gasteiger partial charge in [-0.05, 0) is 62.7 Å². The van der Waals surface area contributed by atoms with Crippen molar-refractivity contribution in [3.05, 3.63) is 11.9 Å². The molecule has 4 saturated carbocycles. The van der Waals surface area contributed by atoms with Crippen molar-refractivity contribution < 1.29 is 8.42 Å². The third kappa shape index (κ3) is 1.99. The Bertz CT molecular complexity index is 624. The van der Waals surface area contributed by atoms with E-state index in [0.717, 1.165) is 11.8 Å². The molecule has 0 unspecified atom stereocenters. The Balaban J connectivity index is 1.66. The van der Waals surface area contributed by atoms with Crippen LogP contribution in [-0.4, -0.2) is 36.0 Å². The van der Waals surface area contributed by atoms with Gasteiger partial charge >= 0.3 is 0 Å². The molecule has 1 N–H and O–H groups in total. The van der Waals surface area contributed by atoms with E-state index in [-0.39, 0.29) is 6.04 Å². The van der Waals surface area contributed by atoms with E-state index in [1.165, 1.54) is 38.3 Å². The van der Waals surface area contributed by atoms with Gasteiger partial charge in [-0.3, -0.25) is 5.10 Å². The second-order valence-corrected chi connectivity index (χ2v) is 9.27. The molecule has 4 fully saturated rings. The van der Waals surface area contributed by atoms with Crippen molar-refractivity contribution in [3.63, 3.8) is 0 Å². The van der Waals surface area contributed by atoms with E-state index >= 15 is 0 Å². The molecule has 0 radical (unpaired) electrons. The van der Waals surface area contributed by atoms with E-state index in [1.54, 1.807) is 18.3 Å². The van der Waals surface area contributed by atoms with Crippen LogP contribution in [-0.2, 0) is 10.0 Å². The first-order valence-electron chi connectivity index (χ1n) is 7.95. The predicted molar refractivity (Wildman–Crippen MR) is 79.1 cm³/mol. The van der Waals surface area contributed by atoms with Crippen LogP contribution in [0.4, 0.5) is 0 Å². The monoisotopic (exact) mass is 309 g/mol. The molecule has 0 spiro atoms. The maximum atomic E-state index is 12.9. The number of rotatable bonds is 3. The summed E-state index contributed by atoms with van der Waals surface area (Å²) in [7, 11) is -1.66. The van der Waals surface area contributed by atoms with Gasteiger partial charge in [-0.15, -0.1) is 0 Å². The Morgan fingerprint density at radius 3 is 2.19 bits per heavy atom. The molecule has 0 amide bonds. The van der Waals surface area contributed by atoms with Gasteiger partial charge in [0.1, 0.15) is 4.90 Å². The molecular weight excluding hydrogens is 286 g/mol. The molecular formula is C15H23N3O2S. The van der Waals surface area contributed by atoms with Gasteiger partial charge in [-0.2, -0.15) is 9.40 Å². The molecule has 0 saturated heterocycles. The van der Waals surface area contributed by atoms with E-state index < -0.39 is 10.0 Å². The second-order valence-electron chi connectivity index (χ2n) is 7.30. The first kappa shape index (κ1) is 13.8. The molecule has 116 valence electrons. The van der Waals surface area contributed by atoms with Crippen LogP contribution >= 0.6 is 0 Å². The number of hydrogen-bond acceptors (Lipinski definition) is 3. The number of hydrogen-bond donors (Lipinski definition) is 1. The van der Waals surface area contributed by atoms with E-state index in [4.69, 9.17) is 0 Å². The first-order chi connectivity index (χ1) is 9.96. The first-order valence-corrected chi connectivity index (χ1v) is 9.39. The van der Waals surface area contributed by atoms with Gasteiger partial charge in [0.2, 0.25) is 10.0 Å². The van der Waals surface area contributed by atoms with Crippen LogP contribution in [0, 0.1) is 30.6 Å². The molecule has 6 heteroatoms. The fourth-order valence-corrected chi connectivity index (χ4v) is 7.00. The normalized spacial score (nSPS) is 38.3. The molecule has 4 aliphatic rings. The summed E-state index contributed by atoms with van der Waals surface area (Å²) in [5.74, 6) is 2.84. The zero-order chi connectivity index (χ0) is 14.8. The number of nitrogens with zero attached hydrogens (tertiary/aromatic N) is 2. The summed E-state index contributed by atoms with van der Waals surface area (Å²) in [4.78, 5) is 0.332. The number of aromatic nitrogens is 2. The summed E-state index contributed by atoms with van der Waals surface area (Å²) in [6, 6.07) is 0.192. The number of nitrogens with one attached hydrogen (secondary N) is 1. The number of H-pyrrole nitrogens is 1. The van der Waals surface area contributed by atoms with Gasteiger partial charge in [0.15, 0.2) is 0 Å². The zero-order valence-electron chi connectivity index (χ0n) is 12.6. The van der Waals surface area contributed by atoms with Crippen molar-refractivity contribution in [2.24, 2.45) is 23.7 Å². The van der Waals surface area contributed by atoms with Crippen LogP contribution in [0.25, 0.3) is 0 Å². The summed E-state index contributed by atoms with van der Waals surface area (Å²) < 4.78 is 27.5. The quantitative estimate of drug-likeness (QED) is 0.930. The van der Waals surface area contributed by atoms with Crippen molar-refractivity contribution in [1.29, 1.82) is 0 Å². The third-order valence-electron chi connectivity index (χ3n) is 6.04. The molecule has 1 aromatic heterocycles. The Hall–Kier alpha value is -0.880. The van der Waals surface area contributed by atoms with Crippen LogP contribution in [0.15, 0.2) is 11.1 Å². The molecule has 5 nitrogen and oxygen atoms in total. The Morgan fingerprint density at radius 2 is 1.71 bits per heavy atom. The molecule has 0 atom stereocenters. The average Bonchev–Trinajstić information content (AvgIpc) is 2.84. The molecule has 4 aliphatic carbocycles. The highest BCUT2D eigenvalue weighted by Crippen LogP contribution is 2.55. The molecule has 0 aromatic carbocycles. The van der Waals surface area contributed by atoms with Gasteiger partial charge in [0.05, 0.1) is 11.9 Å². The molecule has 4 bridgehead atoms. The smallest absolute Gasteiger partial charge is 0.246 e. The van der Waals surface area contributed by atoms with Gasteiger partial charge in [0.25, 0.3) is 0 Å². The van der Waals surface area contributed by atoms with E-state index in [1.807, 2.05) is 0 Å². The van der Waals surface area contributed by atoms with Crippen molar-refractivity contribution in [3.8, 4) is 0 Å². The van der Waals surface area contributed by atoms with Crippen LogP contribution < -0.4 is 0 Å². The largest absolute Gasteiger partial charge is 0.281 e. The minimum atomic E-state index is -3.43. The molecule has 1 heterocycles. The van der Waals surface area contributed by atoms with Crippen molar-refractivity contribution >= 4 is 10.0 Å². The van der Waals surface area contributed by atoms with Crippen LogP contribution in [0.3, 0.4) is 0 Å². The van der Waals surface area contributed by atoms with Gasteiger partial charge in [-0.25, -0.2) is 8.42 Å². The maximum Gasteiger partial charge on any atom is 0.246 e. The Labute approximate surface area is 126 Å². The van der Waals surface area contributed by atoms with Gasteiger partial charge in [-0.1, -0.05) is 0 Å². The van der Waals surface area contributed by atoms with Gasteiger partial charge < -0.3 is 0 Å². The van der Waals surface area contributed by atoms with E-state index in [0.29, 0.717) is 22.4 Å². The summed E-state index contributed by atoms with van der Waals surface area (Å²) in [5.41, 5.74) is 0.630. The fourth-order valence-electron chi connectivity index (χ4n) is 5.41. The van der Waals surface area contributed by atoms with Crippen molar-refractivity contribution in [1.82, 2.24) is 14.5 Å². The lowest BCUT2D eigenvalue weighted by molar-refractivity contribution is -0.0351. The highest BCUT2D eigenvalue weighted by molar-refractivity contribution is 7.89. The minimum Gasteiger partial charge on any atom is -0.281 e. The maximum absolute atomic E-state index is 12.9. The lowest BCUT2D eigenvalue weighted by Gasteiger charge is -2.56. The van der Waals surface area contributed by atoms with Crippen LogP contribution in [0.2, 0.25) is 0 Å². The molecule has 1 aromatic rings. The fraction of sp³-hybridized carbons (Fsp3) is 0.800. The number of sulfonamides is 1. The predicted octanol–water partition coefficient (Wildman–Crippen LogP) is 2.16. The summed E-state index contributed by atoms with van der Waals surface area (Å²) >= 11 is 0. The zero-order valence-corrected chi connectivity index (χ0v) is 13.4. The Kier molecular flexibility index (Phi) is 2.99. The topological polar surface area (TPSA) is 66.1 Å². The highest BCUT2D eigenvalue weighted by Gasteiger charge is 2.51. The van der Waals surface area contributed by atoms with Crippen LogP contribution in [0.1, 0.15) is 37.8 Å². The summed E-state index contributed by atoms with van der Waals surface area (Å²) in [6.45, 7) is 1.77. The summed E-state index contributed by atoms with van der Waals surface area (Å²) in [6.07, 6.45) is 7.72. The number of aromatic amines is 1. The summed E-state index contributed by atoms with van der Waals surface area (Å²) in [5, 5.41) is 6.62. The van der Waals surface area contributed by atoms with E-state index in [9.17, 15) is 8.42 Å².